The molecule has 0 atom stereocenters. The second-order valence-corrected chi connectivity index (χ2v) is 6.48. The highest BCUT2D eigenvalue weighted by Gasteiger charge is 2.07. The first-order chi connectivity index (χ1) is 11.2. The number of ether oxygens (including phenoxy) is 1. The van der Waals surface area contributed by atoms with Crippen molar-refractivity contribution < 1.29 is 9.53 Å². The lowest BCUT2D eigenvalue weighted by atomic mass is 10.0. The van der Waals surface area contributed by atoms with E-state index in [1.54, 1.807) is 0 Å². The number of benzene rings is 2. The summed E-state index contributed by atoms with van der Waals surface area (Å²) in [4.78, 5) is 11.2. The Morgan fingerprint density at radius 2 is 1.21 bits per heavy atom. The average molecular weight is 347 g/mol. The van der Waals surface area contributed by atoms with Gasteiger partial charge in [-0.2, -0.15) is 0 Å². The number of aryl methyl sites for hydroxylation is 4. The van der Waals surface area contributed by atoms with Gasteiger partial charge in [-0.05, 0) is 92.6 Å². The van der Waals surface area contributed by atoms with Crippen LogP contribution in [0.1, 0.15) is 49.3 Å². The first-order valence-electron chi connectivity index (χ1n) is 8.00. The molecule has 3 heteroatoms. The largest absolute Gasteiger partial charge is 0.465 e. The van der Waals surface area contributed by atoms with Crippen LogP contribution < -0.4 is 0 Å². The molecule has 0 spiro atoms. The van der Waals surface area contributed by atoms with Gasteiger partial charge in [-0.25, -0.2) is 4.79 Å². The Bertz CT molecular complexity index is 687. The van der Waals surface area contributed by atoms with Crippen LogP contribution in [-0.2, 0) is 10.6 Å². The molecule has 0 fully saturated rings. The van der Waals surface area contributed by atoms with E-state index in [2.05, 4.69) is 37.6 Å². The quantitative estimate of drug-likeness (QED) is 0.511. The highest BCUT2D eigenvalue weighted by atomic mass is 35.5. The highest BCUT2D eigenvalue weighted by molar-refractivity contribution is 6.17. The Hall–Kier alpha value is -1.80. The van der Waals surface area contributed by atoms with E-state index < -0.39 is 0 Å². The number of hydrogen-bond donors (Lipinski definition) is 0. The van der Waals surface area contributed by atoms with E-state index in [1.165, 1.54) is 34.9 Å². The number of halogens is 1. The van der Waals surface area contributed by atoms with Crippen molar-refractivity contribution >= 4 is 17.6 Å². The van der Waals surface area contributed by atoms with Crippen molar-refractivity contribution in [1.29, 1.82) is 0 Å². The predicted molar refractivity (Wildman–Crippen MR) is 102 cm³/mol. The van der Waals surface area contributed by atoms with Crippen LogP contribution in [0.15, 0.2) is 24.3 Å². The minimum atomic E-state index is -0.272. The molecule has 0 aliphatic heterocycles. The monoisotopic (exact) mass is 346 g/mol. The summed E-state index contributed by atoms with van der Waals surface area (Å²) >= 11 is 5.72. The molecule has 0 saturated carbocycles. The lowest BCUT2D eigenvalue weighted by Crippen LogP contribution is -2.03. The molecule has 0 aliphatic carbocycles. The molecule has 0 aromatic heterocycles. The summed E-state index contributed by atoms with van der Waals surface area (Å²) in [7, 11) is 1.40. The second kappa shape index (κ2) is 8.89. The van der Waals surface area contributed by atoms with Gasteiger partial charge in [0.25, 0.3) is 0 Å². The van der Waals surface area contributed by atoms with E-state index in [4.69, 9.17) is 11.6 Å². The van der Waals surface area contributed by atoms with Crippen molar-refractivity contribution in [1.82, 2.24) is 0 Å². The molecule has 0 saturated heterocycles. The van der Waals surface area contributed by atoms with Crippen molar-refractivity contribution in [3.8, 4) is 0 Å². The molecule has 0 aliphatic rings. The first-order valence-corrected chi connectivity index (χ1v) is 8.53. The lowest BCUT2D eigenvalue weighted by Gasteiger charge is -2.07. The van der Waals surface area contributed by atoms with Crippen LogP contribution in [-0.4, -0.2) is 13.1 Å². The van der Waals surface area contributed by atoms with Crippen LogP contribution in [0.4, 0.5) is 0 Å². The van der Waals surface area contributed by atoms with Gasteiger partial charge in [0.15, 0.2) is 0 Å². The van der Waals surface area contributed by atoms with Crippen LogP contribution in [0.25, 0.3) is 0 Å². The van der Waals surface area contributed by atoms with Crippen LogP contribution in [0, 0.1) is 41.5 Å². The Kier molecular flexibility index (Phi) is 7.50. The van der Waals surface area contributed by atoms with E-state index >= 15 is 0 Å². The molecule has 2 nitrogen and oxygen atoms in total. The molecular weight excluding hydrogens is 320 g/mol. The average Bonchev–Trinajstić information content (AvgIpc) is 2.56. The Morgan fingerprint density at radius 3 is 1.54 bits per heavy atom. The SMILES string of the molecule is COC(=O)c1cc(C)c(C)c(C)c1.Cc1cc(CCl)cc(C)c1C. The predicted octanol–water partition coefficient (Wildman–Crippen LogP) is 5.75. The molecular formula is C21H27ClO2. The van der Waals surface area contributed by atoms with E-state index in [0.717, 1.165) is 11.1 Å². The topological polar surface area (TPSA) is 26.3 Å². The molecule has 2 aromatic rings. The summed E-state index contributed by atoms with van der Waals surface area (Å²) in [6.45, 7) is 12.4. The first kappa shape index (κ1) is 20.2. The third-order valence-corrected chi connectivity index (χ3v) is 4.80. The summed E-state index contributed by atoms with van der Waals surface area (Å²) in [5.41, 5.74) is 9.36. The lowest BCUT2D eigenvalue weighted by molar-refractivity contribution is 0.0600. The molecule has 2 aromatic carbocycles. The Morgan fingerprint density at radius 1 is 0.833 bits per heavy atom. The number of rotatable bonds is 2. The molecule has 0 N–H and O–H groups in total. The maximum atomic E-state index is 11.2. The molecule has 0 radical (unpaired) electrons. The molecule has 2 rings (SSSR count). The van der Waals surface area contributed by atoms with Crippen molar-refractivity contribution in [3.63, 3.8) is 0 Å². The van der Waals surface area contributed by atoms with E-state index in [1.807, 2.05) is 32.9 Å². The maximum absolute atomic E-state index is 11.2. The smallest absolute Gasteiger partial charge is 0.337 e. The van der Waals surface area contributed by atoms with Gasteiger partial charge in [0.05, 0.1) is 12.7 Å². The number of carbonyl (C=O) groups is 1. The number of esters is 1. The number of alkyl halides is 1. The minimum absolute atomic E-state index is 0.272. The Labute approximate surface area is 150 Å². The van der Waals surface area contributed by atoms with Gasteiger partial charge >= 0.3 is 5.97 Å². The van der Waals surface area contributed by atoms with Crippen molar-refractivity contribution in [2.45, 2.75) is 47.4 Å². The maximum Gasteiger partial charge on any atom is 0.337 e. The molecule has 0 bridgehead atoms. The fourth-order valence-electron chi connectivity index (χ4n) is 2.47. The number of hydrogen-bond acceptors (Lipinski definition) is 2. The van der Waals surface area contributed by atoms with Gasteiger partial charge < -0.3 is 4.74 Å². The number of methoxy groups -OCH3 is 1. The third-order valence-electron chi connectivity index (χ3n) is 4.49. The zero-order valence-corrected chi connectivity index (χ0v) is 16.5. The second-order valence-electron chi connectivity index (χ2n) is 6.21. The normalized spacial score (nSPS) is 10.0. The standard InChI is InChI=1S/C11H14O2.C10H13Cl/c1-7-5-10(11(12)13-4)6-8(2)9(7)3;1-7-4-10(6-11)5-8(2)9(7)3/h5-6H,1-4H3;4-5H,6H2,1-3H3. The van der Waals surface area contributed by atoms with E-state index in [-0.39, 0.29) is 5.97 Å². The van der Waals surface area contributed by atoms with Crippen LogP contribution in [0.2, 0.25) is 0 Å². The van der Waals surface area contributed by atoms with Crippen LogP contribution in [0.3, 0.4) is 0 Å². The van der Waals surface area contributed by atoms with Gasteiger partial charge in [-0.15, -0.1) is 11.6 Å². The number of carbonyl (C=O) groups excluding carboxylic acids is 1. The summed E-state index contributed by atoms with van der Waals surface area (Å²) in [5, 5.41) is 0. The van der Waals surface area contributed by atoms with Gasteiger partial charge in [-0.1, -0.05) is 12.1 Å². The van der Waals surface area contributed by atoms with E-state index in [0.29, 0.717) is 11.4 Å². The summed E-state index contributed by atoms with van der Waals surface area (Å²) in [6.07, 6.45) is 0. The molecule has 0 unspecified atom stereocenters. The van der Waals surface area contributed by atoms with Crippen molar-refractivity contribution in [2.24, 2.45) is 0 Å². The third kappa shape index (κ3) is 5.10. The van der Waals surface area contributed by atoms with Crippen LogP contribution >= 0.6 is 11.6 Å². The van der Waals surface area contributed by atoms with Gasteiger partial charge in [0.2, 0.25) is 0 Å². The fourth-order valence-corrected chi connectivity index (χ4v) is 2.63. The summed E-state index contributed by atoms with van der Waals surface area (Å²) in [6, 6.07) is 8.01. The van der Waals surface area contributed by atoms with Gasteiger partial charge in [0, 0.05) is 5.88 Å². The van der Waals surface area contributed by atoms with Crippen molar-refractivity contribution in [2.75, 3.05) is 7.11 Å². The minimum Gasteiger partial charge on any atom is -0.465 e. The van der Waals surface area contributed by atoms with Crippen LogP contribution in [0.5, 0.6) is 0 Å². The molecule has 0 amide bonds. The zero-order chi connectivity index (χ0) is 18.4. The van der Waals surface area contributed by atoms with Gasteiger partial charge in [0.1, 0.15) is 0 Å². The molecule has 130 valence electrons. The fraction of sp³-hybridized carbons (Fsp3) is 0.381. The zero-order valence-electron chi connectivity index (χ0n) is 15.7. The molecule has 24 heavy (non-hydrogen) atoms. The highest BCUT2D eigenvalue weighted by Crippen LogP contribution is 2.17. The molecule has 0 heterocycles. The van der Waals surface area contributed by atoms with Crippen molar-refractivity contribution in [3.05, 3.63) is 68.8 Å². The van der Waals surface area contributed by atoms with E-state index in [9.17, 15) is 4.79 Å². The summed E-state index contributed by atoms with van der Waals surface area (Å²) in [5.74, 6) is 0.341. The Balaban J connectivity index is 0.000000243. The van der Waals surface area contributed by atoms with Gasteiger partial charge in [-0.3, -0.25) is 0 Å². The summed E-state index contributed by atoms with van der Waals surface area (Å²) < 4.78 is 4.65.